The Hall–Kier alpha value is -0.780. The highest BCUT2D eigenvalue weighted by atomic mass is 35.5. The number of hydrogen-bond donors (Lipinski definition) is 3. The molecule has 1 aromatic rings. The molecule has 0 aromatic carbocycles. The summed E-state index contributed by atoms with van der Waals surface area (Å²) in [6.45, 7) is 4.42. The summed E-state index contributed by atoms with van der Waals surface area (Å²) >= 11 is 0. The number of nitrogens with two attached hydrogens (primary N) is 1. The molecule has 0 aliphatic carbocycles. The Bertz CT molecular complexity index is 303. The second-order valence-electron chi connectivity index (χ2n) is 3.85. The lowest BCUT2D eigenvalue weighted by atomic mass is 10.1. The Labute approximate surface area is 114 Å². The van der Waals surface area contributed by atoms with Crippen molar-refractivity contribution in [1.82, 2.24) is 15.3 Å². The summed E-state index contributed by atoms with van der Waals surface area (Å²) in [5, 5.41) is 2.78. The number of amides is 1. The van der Waals surface area contributed by atoms with E-state index in [0.717, 1.165) is 5.82 Å². The van der Waals surface area contributed by atoms with Gasteiger partial charge in [0.05, 0.1) is 6.04 Å². The average molecular weight is 283 g/mol. The topological polar surface area (TPSA) is 83.8 Å². The first-order valence-electron chi connectivity index (χ1n) is 5.13. The van der Waals surface area contributed by atoms with Gasteiger partial charge in [0.2, 0.25) is 5.91 Å². The summed E-state index contributed by atoms with van der Waals surface area (Å²) in [6.07, 6.45) is 4.15. The van der Waals surface area contributed by atoms with Gasteiger partial charge in [-0.05, 0) is 5.92 Å². The van der Waals surface area contributed by atoms with Crippen LogP contribution < -0.4 is 11.1 Å². The molecule has 0 aliphatic heterocycles. The third kappa shape index (κ3) is 6.51. The summed E-state index contributed by atoms with van der Waals surface area (Å²) in [5.41, 5.74) is 5.68. The Morgan fingerprint density at radius 1 is 1.53 bits per heavy atom. The molecule has 0 spiro atoms. The highest BCUT2D eigenvalue weighted by molar-refractivity contribution is 5.85. The van der Waals surface area contributed by atoms with Crippen molar-refractivity contribution in [3.8, 4) is 0 Å². The number of hydrogen-bond acceptors (Lipinski definition) is 3. The molecule has 0 fully saturated rings. The quantitative estimate of drug-likeness (QED) is 0.750. The van der Waals surface area contributed by atoms with Gasteiger partial charge in [0.15, 0.2) is 0 Å². The predicted octanol–water partition coefficient (Wildman–Crippen LogP) is 0.895. The lowest BCUT2D eigenvalue weighted by Gasteiger charge is -2.14. The highest BCUT2D eigenvalue weighted by Crippen LogP contribution is 1.97. The van der Waals surface area contributed by atoms with Crippen molar-refractivity contribution in [2.75, 3.05) is 6.54 Å². The van der Waals surface area contributed by atoms with Crippen molar-refractivity contribution in [2.45, 2.75) is 26.3 Å². The SMILES string of the molecule is CC(C)[C@H](N)C(=O)NCCc1ncc[nH]1.Cl.Cl. The van der Waals surface area contributed by atoms with Crippen LogP contribution in [0.5, 0.6) is 0 Å². The number of aromatic amines is 1. The zero-order valence-corrected chi connectivity index (χ0v) is 11.6. The van der Waals surface area contributed by atoms with E-state index >= 15 is 0 Å². The molecule has 17 heavy (non-hydrogen) atoms. The van der Waals surface area contributed by atoms with Crippen LogP contribution in [0.1, 0.15) is 19.7 Å². The molecule has 0 aliphatic rings. The van der Waals surface area contributed by atoms with Crippen LogP contribution in [0.4, 0.5) is 0 Å². The van der Waals surface area contributed by atoms with Crippen molar-refractivity contribution < 1.29 is 4.79 Å². The lowest BCUT2D eigenvalue weighted by Crippen LogP contribution is -2.44. The Morgan fingerprint density at radius 2 is 2.18 bits per heavy atom. The van der Waals surface area contributed by atoms with Crippen molar-refractivity contribution in [3.63, 3.8) is 0 Å². The number of H-pyrrole nitrogens is 1. The van der Waals surface area contributed by atoms with Gasteiger partial charge in [-0.2, -0.15) is 0 Å². The van der Waals surface area contributed by atoms with E-state index in [2.05, 4.69) is 15.3 Å². The van der Waals surface area contributed by atoms with E-state index in [1.165, 1.54) is 0 Å². The third-order valence-corrected chi connectivity index (χ3v) is 2.24. The van der Waals surface area contributed by atoms with Crippen LogP contribution >= 0.6 is 24.8 Å². The van der Waals surface area contributed by atoms with Crippen molar-refractivity contribution in [1.29, 1.82) is 0 Å². The Morgan fingerprint density at radius 3 is 2.65 bits per heavy atom. The number of nitrogens with one attached hydrogen (secondary N) is 2. The maximum absolute atomic E-state index is 11.4. The van der Waals surface area contributed by atoms with Crippen LogP contribution in [0.25, 0.3) is 0 Å². The van der Waals surface area contributed by atoms with Gasteiger partial charge in [-0.15, -0.1) is 24.8 Å². The molecule has 5 nitrogen and oxygen atoms in total. The molecule has 1 atom stereocenters. The number of carbonyl (C=O) groups excluding carboxylic acids is 1. The fourth-order valence-electron chi connectivity index (χ4n) is 1.16. The molecule has 0 radical (unpaired) electrons. The minimum atomic E-state index is -0.429. The summed E-state index contributed by atoms with van der Waals surface area (Å²) in [4.78, 5) is 18.5. The van der Waals surface area contributed by atoms with Gasteiger partial charge >= 0.3 is 0 Å². The van der Waals surface area contributed by atoms with Crippen LogP contribution in [0.3, 0.4) is 0 Å². The molecule has 4 N–H and O–H groups in total. The number of imidazole rings is 1. The van der Waals surface area contributed by atoms with Crippen LogP contribution in [-0.4, -0.2) is 28.5 Å². The summed E-state index contributed by atoms with van der Waals surface area (Å²) in [5.74, 6) is 0.929. The van der Waals surface area contributed by atoms with Gasteiger partial charge in [0.1, 0.15) is 5.82 Å². The molecule has 1 amide bonds. The molecular weight excluding hydrogens is 263 g/mol. The first kappa shape index (κ1) is 18.6. The van der Waals surface area contributed by atoms with Gasteiger partial charge in [0, 0.05) is 25.4 Å². The highest BCUT2D eigenvalue weighted by Gasteiger charge is 2.16. The van der Waals surface area contributed by atoms with Gasteiger partial charge in [0.25, 0.3) is 0 Å². The number of rotatable bonds is 5. The number of carbonyl (C=O) groups is 1. The van der Waals surface area contributed by atoms with E-state index in [-0.39, 0.29) is 36.6 Å². The van der Waals surface area contributed by atoms with E-state index in [1.807, 2.05) is 13.8 Å². The van der Waals surface area contributed by atoms with Crippen molar-refractivity contribution >= 4 is 30.7 Å². The first-order chi connectivity index (χ1) is 7.11. The number of nitrogens with zero attached hydrogens (tertiary/aromatic N) is 1. The Balaban J connectivity index is 0. The predicted molar refractivity (Wildman–Crippen MR) is 72.6 cm³/mol. The standard InChI is InChI=1S/C10H18N4O.2ClH/c1-7(2)9(11)10(15)14-4-3-8-12-5-6-13-8;;/h5-7,9H,3-4,11H2,1-2H3,(H,12,13)(H,14,15);2*1H/t9-;;/m0../s1. The van der Waals surface area contributed by atoms with E-state index in [9.17, 15) is 4.79 Å². The summed E-state index contributed by atoms with van der Waals surface area (Å²) in [7, 11) is 0. The fourth-order valence-corrected chi connectivity index (χ4v) is 1.16. The number of aromatic nitrogens is 2. The van der Waals surface area contributed by atoms with Crippen LogP contribution in [0, 0.1) is 5.92 Å². The van der Waals surface area contributed by atoms with Gasteiger partial charge in [-0.3, -0.25) is 4.79 Å². The van der Waals surface area contributed by atoms with Crippen LogP contribution in [0.2, 0.25) is 0 Å². The monoisotopic (exact) mass is 282 g/mol. The average Bonchev–Trinajstić information content (AvgIpc) is 2.69. The van der Waals surface area contributed by atoms with Gasteiger partial charge < -0.3 is 16.0 Å². The first-order valence-corrected chi connectivity index (χ1v) is 5.13. The smallest absolute Gasteiger partial charge is 0.237 e. The molecular formula is C10H20Cl2N4O. The summed E-state index contributed by atoms with van der Waals surface area (Å²) in [6, 6.07) is -0.429. The third-order valence-electron chi connectivity index (χ3n) is 2.24. The minimum absolute atomic E-state index is 0. The zero-order valence-electron chi connectivity index (χ0n) is 9.97. The molecule has 1 rings (SSSR count). The van der Waals surface area contributed by atoms with Crippen LogP contribution in [0.15, 0.2) is 12.4 Å². The largest absolute Gasteiger partial charge is 0.354 e. The molecule has 0 saturated carbocycles. The molecule has 0 saturated heterocycles. The van der Waals surface area contributed by atoms with E-state index in [0.29, 0.717) is 13.0 Å². The fraction of sp³-hybridized carbons (Fsp3) is 0.600. The lowest BCUT2D eigenvalue weighted by molar-refractivity contribution is -0.123. The minimum Gasteiger partial charge on any atom is -0.354 e. The van der Waals surface area contributed by atoms with Crippen LogP contribution in [-0.2, 0) is 11.2 Å². The van der Waals surface area contributed by atoms with Gasteiger partial charge in [-0.1, -0.05) is 13.8 Å². The Kier molecular flexibility index (Phi) is 10.1. The van der Waals surface area contributed by atoms with Crippen molar-refractivity contribution in [2.24, 2.45) is 11.7 Å². The summed E-state index contributed by atoms with van der Waals surface area (Å²) < 4.78 is 0. The molecule has 0 bridgehead atoms. The van der Waals surface area contributed by atoms with Crippen molar-refractivity contribution in [3.05, 3.63) is 18.2 Å². The molecule has 100 valence electrons. The molecule has 1 heterocycles. The molecule has 1 aromatic heterocycles. The second-order valence-corrected chi connectivity index (χ2v) is 3.85. The van der Waals surface area contributed by atoms with E-state index < -0.39 is 6.04 Å². The molecule has 0 unspecified atom stereocenters. The zero-order chi connectivity index (χ0) is 11.3. The second kappa shape index (κ2) is 9.27. The maximum Gasteiger partial charge on any atom is 0.237 e. The number of halogens is 2. The maximum atomic E-state index is 11.4. The van der Waals surface area contributed by atoms with Gasteiger partial charge in [-0.25, -0.2) is 4.98 Å². The van der Waals surface area contributed by atoms with E-state index in [1.54, 1.807) is 12.4 Å². The normalized spacial score (nSPS) is 11.3. The van der Waals surface area contributed by atoms with E-state index in [4.69, 9.17) is 5.73 Å². The molecule has 7 heteroatoms.